The quantitative estimate of drug-likeness (QED) is 0.893. The maximum absolute atomic E-state index is 12.9. The molecule has 0 aliphatic carbocycles. The van der Waals surface area contributed by atoms with Gasteiger partial charge in [0.2, 0.25) is 10.0 Å². The highest BCUT2D eigenvalue weighted by atomic mass is 35.5. The summed E-state index contributed by atoms with van der Waals surface area (Å²) >= 11 is 5.76. The van der Waals surface area contributed by atoms with Crippen LogP contribution in [0.25, 0.3) is 0 Å². The number of rotatable bonds is 4. The van der Waals surface area contributed by atoms with Gasteiger partial charge in [0.1, 0.15) is 10.7 Å². The monoisotopic (exact) mass is 306 g/mol. The predicted molar refractivity (Wildman–Crippen MR) is 72.2 cm³/mol. The van der Waals surface area contributed by atoms with Crippen molar-refractivity contribution >= 4 is 21.6 Å². The smallest absolute Gasteiger partial charge is 0.242 e. The third-order valence-corrected chi connectivity index (χ3v) is 5.02. The molecule has 0 radical (unpaired) electrons. The van der Waals surface area contributed by atoms with Gasteiger partial charge in [-0.2, -0.15) is 0 Å². The molecule has 19 heavy (non-hydrogen) atoms. The van der Waals surface area contributed by atoms with E-state index in [9.17, 15) is 12.8 Å². The van der Waals surface area contributed by atoms with Crippen molar-refractivity contribution in [2.24, 2.45) is 0 Å². The molecule has 1 aliphatic rings. The van der Waals surface area contributed by atoms with Crippen molar-refractivity contribution < 1.29 is 12.8 Å². The van der Waals surface area contributed by atoms with Gasteiger partial charge in [0, 0.05) is 12.6 Å². The van der Waals surface area contributed by atoms with E-state index >= 15 is 0 Å². The van der Waals surface area contributed by atoms with Crippen molar-refractivity contribution in [1.29, 1.82) is 0 Å². The second-order valence-electron chi connectivity index (χ2n) is 4.57. The van der Waals surface area contributed by atoms with Gasteiger partial charge in [-0.3, -0.25) is 0 Å². The summed E-state index contributed by atoms with van der Waals surface area (Å²) in [5.74, 6) is -0.558. The van der Waals surface area contributed by atoms with E-state index in [0.717, 1.165) is 37.9 Å². The highest BCUT2D eigenvalue weighted by molar-refractivity contribution is 7.89. The van der Waals surface area contributed by atoms with Crippen molar-refractivity contribution in [3.8, 4) is 0 Å². The van der Waals surface area contributed by atoms with E-state index in [1.807, 2.05) is 0 Å². The minimum atomic E-state index is -3.70. The van der Waals surface area contributed by atoms with E-state index in [-0.39, 0.29) is 16.0 Å². The van der Waals surface area contributed by atoms with Crippen molar-refractivity contribution in [2.75, 3.05) is 13.1 Å². The van der Waals surface area contributed by atoms with E-state index in [0.29, 0.717) is 6.54 Å². The highest BCUT2D eigenvalue weighted by Gasteiger charge is 2.20. The fourth-order valence-corrected chi connectivity index (χ4v) is 3.69. The Labute approximate surface area is 117 Å². The van der Waals surface area contributed by atoms with Crippen LogP contribution >= 0.6 is 11.6 Å². The summed E-state index contributed by atoms with van der Waals surface area (Å²) < 4.78 is 39.5. The Morgan fingerprint density at radius 1 is 1.42 bits per heavy atom. The first-order valence-corrected chi connectivity index (χ1v) is 8.03. The van der Waals surface area contributed by atoms with Gasteiger partial charge in [-0.05, 0) is 37.6 Å². The average molecular weight is 307 g/mol. The zero-order chi connectivity index (χ0) is 13.9. The normalized spacial score (nSPS) is 20.4. The lowest BCUT2D eigenvalue weighted by molar-refractivity contribution is 0.398. The van der Waals surface area contributed by atoms with E-state index < -0.39 is 15.8 Å². The SMILES string of the molecule is O=S(=O)(NC[C@H]1CCCCN1)c1ccc(F)cc1Cl. The van der Waals surface area contributed by atoms with Crippen LogP contribution in [0.4, 0.5) is 4.39 Å². The first kappa shape index (κ1) is 14.7. The number of nitrogens with one attached hydrogen (secondary N) is 2. The van der Waals surface area contributed by atoms with Gasteiger partial charge in [-0.25, -0.2) is 17.5 Å². The van der Waals surface area contributed by atoms with Gasteiger partial charge in [0.05, 0.1) is 5.02 Å². The molecule has 1 aromatic rings. The Bertz CT molecular complexity index is 545. The Hall–Kier alpha value is -0.690. The van der Waals surface area contributed by atoms with E-state index in [4.69, 9.17) is 11.6 Å². The molecule has 7 heteroatoms. The summed E-state index contributed by atoms with van der Waals surface area (Å²) in [6.45, 7) is 1.22. The summed E-state index contributed by atoms with van der Waals surface area (Å²) in [4.78, 5) is -0.0913. The highest BCUT2D eigenvalue weighted by Crippen LogP contribution is 2.22. The van der Waals surface area contributed by atoms with Crippen LogP contribution in [-0.4, -0.2) is 27.5 Å². The molecule has 1 atom stereocenters. The molecule has 1 fully saturated rings. The number of hydrogen-bond acceptors (Lipinski definition) is 3. The Morgan fingerprint density at radius 3 is 2.84 bits per heavy atom. The summed E-state index contributed by atoms with van der Waals surface area (Å²) in [6, 6.07) is 3.39. The zero-order valence-corrected chi connectivity index (χ0v) is 11.9. The molecule has 0 spiro atoms. The van der Waals surface area contributed by atoms with E-state index in [1.54, 1.807) is 0 Å². The number of hydrogen-bond donors (Lipinski definition) is 2. The van der Waals surface area contributed by atoms with Crippen LogP contribution in [0.3, 0.4) is 0 Å². The number of sulfonamides is 1. The molecular formula is C12H16ClFN2O2S. The van der Waals surface area contributed by atoms with Crippen molar-refractivity contribution in [3.05, 3.63) is 29.0 Å². The fourth-order valence-electron chi connectivity index (χ4n) is 2.08. The van der Waals surface area contributed by atoms with Crippen molar-refractivity contribution in [2.45, 2.75) is 30.2 Å². The molecule has 0 unspecified atom stereocenters. The van der Waals surface area contributed by atoms with E-state index in [2.05, 4.69) is 10.0 Å². The van der Waals surface area contributed by atoms with Crippen LogP contribution < -0.4 is 10.0 Å². The van der Waals surface area contributed by atoms with Gasteiger partial charge in [-0.1, -0.05) is 18.0 Å². The average Bonchev–Trinajstić information content (AvgIpc) is 2.37. The van der Waals surface area contributed by atoms with Crippen LogP contribution in [0.2, 0.25) is 5.02 Å². The fraction of sp³-hybridized carbons (Fsp3) is 0.500. The standard InChI is InChI=1S/C12H16ClFN2O2S/c13-11-7-9(14)4-5-12(11)19(17,18)16-8-10-3-1-2-6-15-10/h4-5,7,10,15-16H,1-3,6,8H2/t10-/m1/s1. The molecule has 0 amide bonds. The minimum absolute atomic E-state index is 0.0913. The van der Waals surface area contributed by atoms with Crippen molar-refractivity contribution in [3.63, 3.8) is 0 Å². The third kappa shape index (κ3) is 3.89. The van der Waals surface area contributed by atoms with Crippen molar-refractivity contribution in [1.82, 2.24) is 10.0 Å². The lowest BCUT2D eigenvalue weighted by Gasteiger charge is -2.23. The maximum Gasteiger partial charge on any atom is 0.242 e. The first-order valence-electron chi connectivity index (χ1n) is 6.17. The van der Waals surface area contributed by atoms with Crippen LogP contribution in [0, 0.1) is 5.82 Å². The third-order valence-electron chi connectivity index (χ3n) is 3.12. The van der Waals surface area contributed by atoms with Crippen LogP contribution in [0.5, 0.6) is 0 Å². The van der Waals surface area contributed by atoms with E-state index in [1.165, 1.54) is 6.07 Å². The van der Waals surface area contributed by atoms with Gasteiger partial charge in [0.25, 0.3) is 0 Å². The molecule has 106 valence electrons. The minimum Gasteiger partial charge on any atom is -0.313 e. The number of halogens is 2. The Kier molecular flexibility index (Phi) is 4.78. The Morgan fingerprint density at radius 2 is 2.21 bits per heavy atom. The largest absolute Gasteiger partial charge is 0.313 e. The molecule has 1 aromatic carbocycles. The predicted octanol–water partition coefficient (Wildman–Crippen LogP) is 1.90. The molecule has 0 aromatic heterocycles. The number of benzene rings is 1. The summed E-state index contributed by atoms with van der Waals surface area (Å²) in [7, 11) is -3.70. The number of piperidine rings is 1. The molecular weight excluding hydrogens is 291 g/mol. The van der Waals surface area contributed by atoms with Gasteiger partial charge >= 0.3 is 0 Å². The molecule has 1 aliphatic heterocycles. The molecule has 0 bridgehead atoms. The lowest BCUT2D eigenvalue weighted by Crippen LogP contribution is -2.43. The topological polar surface area (TPSA) is 58.2 Å². The van der Waals surface area contributed by atoms with Gasteiger partial charge in [0.15, 0.2) is 0 Å². The van der Waals surface area contributed by atoms with Gasteiger partial charge < -0.3 is 5.32 Å². The Balaban J connectivity index is 2.05. The second-order valence-corrected chi connectivity index (χ2v) is 6.72. The zero-order valence-electron chi connectivity index (χ0n) is 10.3. The van der Waals surface area contributed by atoms with Gasteiger partial charge in [-0.15, -0.1) is 0 Å². The van der Waals surface area contributed by atoms with Crippen LogP contribution in [0.15, 0.2) is 23.1 Å². The molecule has 4 nitrogen and oxygen atoms in total. The lowest BCUT2D eigenvalue weighted by atomic mass is 10.1. The first-order chi connectivity index (χ1) is 8.99. The molecule has 0 saturated carbocycles. The molecule has 2 N–H and O–H groups in total. The molecule has 1 heterocycles. The second kappa shape index (κ2) is 6.17. The summed E-state index contributed by atoms with van der Waals surface area (Å²) in [5, 5.41) is 3.14. The molecule has 1 saturated heterocycles. The summed E-state index contributed by atoms with van der Waals surface area (Å²) in [6.07, 6.45) is 3.16. The summed E-state index contributed by atoms with van der Waals surface area (Å²) in [5.41, 5.74) is 0. The molecule has 2 rings (SSSR count). The van der Waals surface area contributed by atoms with Crippen LogP contribution in [0.1, 0.15) is 19.3 Å². The maximum atomic E-state index is 12.9. The van der Waals surface area contributed by atoms with Crippen LogP contribution in [-0.2, 0) is 10.0 Å².